The van der Waals surface area contributed by atoms with Gasteiger partial charge < -0.3 is 0 Å². The molecule has 1 N–H and O–H groups in total. The van der Waals surface area contributed by atoms with Crippen molar-refractivity contribution in [1.29, 1.82) is 0 Å². The fraction of sp³-hybridized carbons (Fsp3) is 0.846. The summed E-state index contributed by atoms with van der Waals surface area (Å²) in [6, 6.07) is 0. The molecule has 1 heterocycles. The number of rotatable bonds is 4. The first-order valence-electron chi connectivity index (χ1n) is 6.73. The van der Waals surface area contributed by atoms with E-state index in [-0.39, 0.29) is 0 Å². The molecule has 1 aromatic heterocycles. The molecule has 0 saturated heterocycles. The van der Waals surface area contributed by atoms with E-state index in [9.17, 15) is 0 Å². The number of H-pyrrole nitrogens is 1. The van der Waals surface area contributed by atoms with Gasteiger partial charge in [0, 0.05) is 11.8 Å². The summed E-state index contributed by atoms with van der Waals surface area (Å²) in [6.07, 6.45) is 9.06. The first-order chi connectivity index (χ1) is 7.81. The summed E-state index contributed by atoms with van der Waals surface area (Å²) in [4.78, 5) is 4.69. The maximum atomic E-state index is 4.69. The highest BCUT2D eigenvalue weighted by atomic mass is 15.2. The lowest BCUT2D eigenvalue weighted by Gasteiger charge is -2.18. The quantitative estimate of drug-likeness (QED) is 0.841. The highest BCUT2D eigenvalue weighted by Gasteiger charge is 2.20. The number of hydrogen-bond acceptors (Lipinski definition) is 2. The van der Waals surface area contributed by atoms with Gasteiger partial charge in [-0.25, -0.2) is 4.98 Å². The predicted molar refractivity (Wildman–Crippen MR) is 65.5 cm³/mol. The van der Waals surface area contributed by atoms with E-state index in [2.05, 4.69) is 29.0 Å². The third-order valence-corrected chi connectivity index (χ3v) is 3.67. The minimum atomic E-state index is 0.499. The summed E-state index contributed by atoms with van der Waals surface area (Å²) in [5.41, 5.74) is 0. The minimum absolute atomic E-state index is 0.499. The molecule has 0 radical (unpaired) electrons. The van der Waals surface area contributed by atoms with Crippen LogP contribution in [0, 0.1) is 0 Å². The average Bonchev–Trinajstić information content (AvgIpc) is 2.80. The predicted octanol–water partition coefficient (Wildman–Crippen LogP) is 3.76. The van der Waals surface area contributed by atoms with Crippen LogP contribution in [0.15, 0.2) is 0 Å². The van der Waals surface area contributed by atoms with Gasteiger partial charge in [0.15, 0.2) is 5.82 Å². The normalized spacial score (nSPS) is 19.9. The second kappa shape index (κ2) is 5.46. The molecule has 1 aliphatic carbocycles. The molecule has 0 bridgehead atoms. The zero-order valence-electron chi connectivity index (χ0n) is 10.5. The van der Waals surface area contributed by atoms with Crippen LogP contribution in [0.25, 0.3) is 0 Å². The summed E-state index contributed by atoms with van der Waals surface area (Å²) in [5, 5.41) is 7.53. The maximum absolute atomic E-state index is 4.69. The Morgan fingerprint density at radius 3 is 2.75 bits per heavy atom. The first kappa shape index (κ1) is 11.6. The first-order valence-corrected chi connectivity index (χ1v) is 6.73. The van der Waals surface area contributed by atoms with E-state index in [4.69, 9.17) is 0 Å². The van der Waals surface area contributed by atoms with Gasteiger partial charge in [0.2, 0.25) is 0 Å². The second-order valence-corrected chi connectivity index (χ2v) is 5.10. The van der Waals surface area contributed by atoms with E-state index in [1.54, 1.807) is 0 Å². The summed E-state index contributed by atoms with van der Waals surface area (Å²) >= 11 is 0. The van der Waals surface area contributed by atoms with Crippen molar-refractivity contribution in [3.8, 4) is 0 Å². The maximum Gasteiger partial charge on any atom is 0.153 e. The highest BCUT2D eigenvalue weighted by molar-refractivity contribution is 5.02. The Morgan fingerprint density at radius 2 is 2.06 bits per heavy atom. The molecule has 16 heavy (non-hydrogen) atoms. The van der Waals surface area contributed by atoms with Crippen LogP contribution in [0.5, 0.6) is 0 Å². The Kier molecular flexibility index (Phi) is 3.97. The number of nitrogens with one attached hydrogen (secondary N) is 1. The fourth-order valence-corrected chi connectivity index (χ4v) is 2.63. The lowest BCUT2D eigenvalue weighted by Crippen LogP contribution is -2.06. The van der Waals surface area contributed by atoms with Gasteiger partial charge >= 0.3 is 0 Å². The van der Waals surface area contributed by atoms with Crippen LogP contribution in [-0.2, 0) is 0 Å². The van der Waals surface area contributed by atoms with E-state index in [1.165, 1.54) is 44.9 Å². The zero-order chi connectivity index (χ0) is 11.4. The standard InChI is InChI=1S/C13H23N3/c1-3-7-10(2)12-14-13(16-15-12)11-8-5-4-6-9-11/h10-11H,3-9H2,1-2H3,(H,14,15,16). The lowest BCUT2D eigenvalue weighted by atomic mass is 9.89. The van der Waals surface area contributed by atoms with Crippen LogP contribution >= 0.6 is 0 Å². The van der Waals surface area contributed by atoms with Crippen LogP contribution in [0.1, 0.15) is 82.3 Å². The van der Waals surface area contributed by atoms with Gasteiger partial charge in [-0.2, -0.15) is 5.10 Å². The van der Waals surface area contributed by atoms with Crippen LogP contribution in [0.2, 0.25) is 0 Å². The number of aromatic amines is 1. The van der Waals surface area contributed by atoms with Crippen molar-refractivity contribution < 1.29 is 0 Å². The van der Waals surface area contributed by atoms with Gasteiger partial charge in [-0.05, 0) is 19.3 Å². The van der Waals surface area contributed by atoms with Crippen molar-refractivity contribution in [3.63, 3.8) is 0 Å². The molecule has 2 rings (SSSR count). The molecule has 0 aromatic carbocycles. The number of hydrogen-bond donors (Lipinski definition) is 1. The third-order valence-electron chi connectivity index (χ3n) is 3.67. The van der Waals surface area contributed by atoms with E-state index < -0.39 is 0 Å². The number of aromatic nitrogens is 3. The van der Waals surface area contributed by atoms with Gasteiger partial charge in [-0.3, -0.25) is 5.10 Å². The molecule has 0 aliphatic heterocycles. The summed E-state index contributed by atoms with van der Waals surface area (Å²) in [7, 11) is 0. The molecular weight excluding hydrogens is 198 g/mol. The number of nitrogens with zero attached hydrogens (tertiary/aromatic N) is 2. The monoisotopic (exact) mass is 221 g/mol. The van der Waals surface area contributed by atoms with Crippen molar-refractivity contribution in [1.82, 2.24) is 15.2 Å². The van der Waals surface area contributed by atoms with Gasteiger partial charge in [0.05, 0.1) is 0 Å². The van der Waals surface area contributed by atoms with Gasteiger partial charge in [-0.15, -0.1) is 0 Å². The molecule has 1 saturated carbocycles. The second-order valence-electron chi connectivity index (χ2n) is 5.10. The molecule has 1 aromatic rings. The summed E-state index contributed by atoms with van der Waals surface area (Å²) < 4.78 is 0. The van der Waals surface area contributed by atoms with E-state index >= 15 is 0 Å². The minimum Gasteiger partial charge on any atom is -0.263 e. The largest absolute Gasteiger partial charge is 0.263 e. The molecule has 1 fully saturated rings. The molecule has 1 unspecified atom stereocenters. The SMILES string of the molecule is CCCC(C)c1n[nH]c(C2CCCCC2)n1. The summed E-state index contributed by atoms with van der Waals surface area (Å²) in [6.45, 7) is 4.43. The molecule has 0 spiro atoms. The average molecular weight is 221 g/mol. The molecule has 1 atom stereocenters. The Bertz CT molecular complexity index is 313. The topological polar surface area (TPSA) is 41.6 Å². The van der Waals surface area contributed by atoms with Crippen molar-refractivity contribution in [2.75, 3.05) is 0 Å². The van der Waals surface area contributed by atoms with Gasteiger partial charge in [0.25, 0.3) is 0 Å². The molecule has 1 aliphatic rings. The molecule has 0 amide bonds. The molecular formula is C13H23N3. The molecule has 3 heteroatoms. The highest BCUT2D eigenvalue weighted by Crippen LogP contribution is 2.31. The van der Waals surface area contributed by atoms with E-state index in [0.717, 1.165) is 11.6 Å². The van der Waals surface area contributed by atoms with Crippen molar-refractivity contribution >= 4 is 0 Å². The Balaban J connectivity index is 2.00. The van der Waals surface area contributed by atoms with E-state index in [0.29, 0.717) is 11.8 Å². The zero-order valence-corrected chi connectivity index (χ0v) is 10.5. The summed E-state index contributed by atoms with van der Waals surface area (Å²) in [5.74, 6) is 3.29. The van der Waals surface area contributed by atoms with E-state index in [1.807, 2.05) is 0 Å². The van der Waals surface area contributed by atoms with Crippen LogP contribution < -0.4 is 0 Å². The van der Waals surface area contributed by atoms with Crippen molar-refractivity contribution in [2.45, 2.75) is 70.6 Å². The van der Waals surface area contributed by atoms with Gasteiger partial charge in [-0.1, -0.05) is 39.5 Å². The smallest absolute Gasteiger partial charge is 0.153 e. The third kappa shape index (κ3) is 2.63. The van der Waals surface area contributed by atoms with Gasteiger partial charge in [0.1, 0.15) is 5.82 Å². The van der Waals surface area contributed by atoms with Crippen LogP contribution in [-0.4, -0.2) is 15.2 Å². The Morgan fingerprint density at radius 1 is 1.31 bits per heavy atom. The van der Waals surface area contributed by atoms with Crippen molar-refractivity contribution in [2.24, 2.45) is 0 Å². The molecule has 90 valence electrons. The van der Waals surface area contributed by atoms with Crippen LogP contribution in [0.3, 0.4) is 0 Å². The molecule has 3 nitrogen and oxygen atoms in total. The van der Waals surface area contributed by atoms with Crippen molar-refractivity contribution in [3.05, 3.63) is 11.6 Å². The Hall–Kier alpha value is -0.860. The lowest BCUT2D eigenvalue weighted by molar-refractivity contribution is 0.429. The Labute approximate surface area is 98.1 Å². The fourth-order valence-electron chi connectivity index (χ4n) is 2.63. The van der Waals surface area contributed by atoms with Crippen LogP contribution in [0.4, 0.5) is 0 Å².